The largest absolute Gasteiger partial charge is 0.468 e. The summed E-state index contributed by atoms with van der Waals surface area (Å²) in [5, 5.41) is 3.30. The summed E-state index contributed by atoms with van der Waals surface area (Å²) in [6.07, 6.45) is 1.66. The monoisotopic (exact) mass is 293 g/mol. The van der Waals surface area contributed by atoms with Gasteiger partial charge in [-0.1, -0.05) is 19.9 Å². The zero-order valence-corrected chi connectivity index (χ0v) is 12.7. The number of hydrogen-bond acceptors (Lipinski definition) is 3. The molecule has 0 saturated heterocycles. The molecular weight excluding hydrogens is 273 g/mol. The van der Waals surface area contributed by atoms with Crippen LogP contribution in [0.3, 0.4) is 0 Å². The van der Waals surface area contributed by atoms with Crippen LogP contribution in [0.15, 0.2) is 45.9 Å². The summed E-state index contributed by atoms with van der Waals surface area (Å²) in [4.78, 5) is 0.970. The Balaban J connectivity index is 2.01. The fourth-order valence-electron chi connectivity index (χ4n) is 1.88. The lowest BCUT2D eigenvalue weighted by molar-refractivity contribution is 0.528. The van der Waals surface area contributed by atoms with Gasteiger partial charge in [0.25, 0.3) is 0 Å². The summed E-state index contributed by atoms with van der Waals surface area (Å²) < 4.78 is 19.3. The van der Waals surface area contributed by atoms with Gasteiger partial charge in [-0.2, -0.15) is 0 Å². The molecule has 0 spiro atoms. The fourth-order valence-corrected chi connectivity index (χ4v) is 2.86. The van der Waals surface area contributed by atoms with Crippen molar-refractivity contribution in [3.8, 4) is 0 Å². The third kappa shape index (κ3) is 4.39. The van der Waals surface area contributed by atoms with E-state index < -0.39 is 0 Å². The Morgan fingerprint density at radius 3 is 2.80 bits per heavy atom. The van der Waals surface area contributed by atoms with Crippen LogP contribution in [0.25, 0.3) is 0 Å². The van der Waals surface area contributed by atoms with E-state index in [1.165, 1.54) is 6.07 Å². The molecule has 108 valence electrons. The molecule has 20 heavy (non-hydrogen) atoms. The van der Waals surface area contributed by atoms with Crippen molar-refractivity contribution in [2.24, 2.45) is 5.92 Å². The van der Waals surface area contributed by atoms with Gasteiger partial charge >= 0.3 is 0 Å². The van der Waals surface area contributed by atoms with Crippen LogP contribution in [0.1, 0.15) is 25.2 Å². The Bertz CT molecular complexity index is 525. The first-order valence-corrected chi connectivity index (χ1v) is 7.78. The molecule has 1 aromatic carbocycles. The predicted molar refractivity (Wildman–Crippen MR) is 81.2 cm³/mol. The van der Waals surface area contributed by atoms with Gasteiger partial charge in [0.1, 0.15) is 11.6 Å². The molecular formula is C16H20FNOS. The van der Waals surface area contributed by atoms with Crippen LogP contribution in [0.2, 0.25) is 0 Å². The first-order chi connectivity index (χ1) is 9.66. The summed E-state index contributed by atoms with van der Waals surface area (Å²) >= 11 is 1.60. The standard InChI is InChI=1S/C16H20FNOS/c1-12(2)9-18-10-14-15(17)6-3-7-16(14)20-11-13-5-4-8-19-13/h3-8,12,18H,9-11H2,1-2H3. The minimum Gasteiger partial charge on any atom is -0.468 e. The van der Waals surface area contributed by atoms with Gasteiger partial charge in [0.2, 0.25) is 0 Å². The molecule has 0 aliphatic carbocycles. The second-order valence-corrected chi connectivity index (χ2v) is 6.13. The van der Waals surface area contributed by atoms with E-state index in [0.717, 1.165) is 22.8 Å². The van der Waals surface area contributed by atoms with Gasteiger partial charge in [0.15, 0.2) is 0 Å². The van der Waals surface area contributed by atoms with Crippen molar-refractivity contribution < 1.29 is 8.81 Å². The Morgan fingerprint density at radius 2 is 2.10 bits per heavy atom. The van der Waals surface area contributed by atoms with Crippen molar-refractivity contribution in [1.29, 1.82) is 0 Å². The Hall–Kier alpha value is -1.26. The van der Waals surface area contributed by atoms with Crippen LogP contribution in [0.4, 0.5) is 4.39 Å². The summed E-state index contributed by atoms with van der Waals surface area (Å²) in [5.41, 5.74) is 0.740. The molecule has 0 atom stereocenters. The lowest BCUT2D eigenvalue weighted by Gasteiger charge is -2.12. The van der Waals surface area contributed by atoms with Crippen LogP contribution in [0, 0.1) is 11.7 Å². The van der Waals surface area contributed by atoms with Gasteiger partial charge in [-0.15, -0.1) is 11.8 Å². The summed E-state index contributed by atoms with van der Waals surface area (Å²) in [6, 6.07) is 9.04. The molecule has 2 aromatic rings. The molecule has 2 rings (SSSR count). The summed E-state index contributed by atoms with van der Waals surface area (Å²) in [5.74, 6) is 2.03. The van der Waals surface area contributed by atoms with Gasteiger partial charge in [-0.05, 0) is 36.7 Å². The maximum atomic E-state index is 14.0. The van der Waals surface area contributed by atoms with E-state index in [1.807, 2.05) is 18.2 Å². The second kappa shape index (κ2) is 7.50. The SMILES string of the molecule is CC(C)CNCc1c(F)cccc1SCc1ccco1. The second-order valence-electron chi connectivity index (χ2n) is 5.11. The van der Waals surface area contributed by atoms with E-state index >= 15 is 0 Å². The number of hydrogen-bond donors (Lipinski definition) is 1. The molecule has 1 N–H and O–H groups in total. The van der Waals surface area contributed by atoms with Crippen molar-refractivity contribution in [2.75, 3.05) is 6.54 Å². The molecule has 4 heteroatoms. The number of furan rings is 1. The lowest BCUT2D eigenvalue weighted by atomic mass is 10.2. The Labute approximate surface area is 123 Å². The van der Waals surface area contributed by atoms with Gasteiger partial charge < -0.3 is 9.73 Å². The van der Waals surface area contributed by atoms with Crippen LogP contribution in [-0.4, -0.2) is 6.54 Å². The normalized spacial score (nSPS) is 11.2. The molecule has 0 unspecified atom stereocenters. The number of thioether (sulfide) groups is 1. The highest BCUT2D eigenvalue weighted by molar-refractivity contribution is 7.98. The van der Waals surface area contributed by atoms with Crippen molar-refractivity contribution in [2.45, 2.75) is 31.0 Å². The summed E-state index contributed by atoms with van der Waals surface area (Å²) in [7, 11) is 0. The maximum absolute atomic E-state index is 14.0. The number of halogens is 1. The lowest BCUT2D eigenvalue weighted by Crippen LogP contribution is -2.20. The minimum absolute atomic E-state index is 0.147. The van der Waals surface area contributed by atoms with Crippen molar-refractivity contribution in [3.05, 3.63) is 53.7 Å². The van der Waals surface area contributed by atoms with E-state index in [4.69, 9.17) is 4.42 Å². The van der Waals surface area contributed by atoms with E-state index in [1.54, 1.807) is 24.1 Å². The minimum atomic E-state index is -0.147. The molecule has 1 aromatic heterocycles. The zero-order chi connectivity index (χ0) is 14.4. The smallest absolute Gasteiger partial charge is 0.128 e. The third-order valence-electron chi connectivity index (χ3n) is 2.88. The highest BCUT2D eigenvalue weighted by Gasteiger charge is 2.09. The van der Waals surface area contributed by atoms with Gasteiger partial charge in [-0.25, -0.2) is 4.39 Å². The molecule has 0 saturated carbocycles. The highest BCUT2D eigenvalue weighted by atomic mass is 32.2. The number of rotatable bonds is 7. The topological polar surface area (TPSA) is 25.2 Å². The highest BCUT2D eigenvalue weighted by Crippen LogP contribution is 2.28. The van der Waals surface area contributed by atoms with Gasteiger partial charge in [0.05, 0.1) is 12.0 Å². The van der Waals surface area contributed by atoms with Crippen LogP contribution in [-0.2, 0) is 12.3 Å². The Morgan fingerprint density at radius 1 is 1.25 bits per heavy atom. The van der Waals surface area contributed by atoms with Crippen molar-refractivity contribution >= 4 is 11.8 Å². The summed E-state index contributed by atoms with van der Waals surface area (Å²) in [6.45, 7) is 5.73. The van der Waals surface area contributed by atoms with E-state index in [2.05, 4.69) is 19.2 Å². The van der Waals surface area contributed by atoms with Crippen LogP contribution in [0.5, 0.6) is 0 Å². The quantitative estimate of drug-likeness (QED) is 0.763. The zero-order valence-electron chi connectivity index (χ0n) is 11.9. The first kappa shape index (κ1) is 15.1. The molecule has 0 aliphatic rings. The van der Waals surface area contributed by atoms with Crippen molar-refractivity contribution in [3.63, 3.8) is 0 Å². The predicted octanol–water partition coefficient (Wildman–Crippen LogP) is 4.46. The van der Waals surface area contributed by atoms with E-state index in [9.17, 15) is 4.39 Å². The average molecular weight is 293 g/mol. The number of nitrogens with one attached hydrogen (secondary N) is 1. The number of benzene rings is 1. The molecule has 0 amide bonds. The molecule has 0 fully saturated rings. The maximum Gasteiger partial charge on any atom is 0.128 e. The fraction of sp³-hybridized carbons (Fsp3) is 0.375. The Kier molecular flexibility index (Phi) is 5.68. The molecule has 0 bridgehead atoms. The van der Waals surface area contributed by atoms with E-state index in [0.29, 0.717) is 18.2 Å². The molecule has 0 radical (unpaired) electrons. The first-order valence-electron chi connectivity index (χ1n) is 6.80. The van der Waals surface area contributed by atoms with Gasteiger partial charge in [-0.3, -0.25) is 0 Å². The third-order valence-corrected chi connectivity index (χ3v) is 4.00. The molecule has 1 heterocycles. The van der Waals surface area contributed by atoms with Crippen LogP contribution >= 0.6 is 11.8 Å². The average Bonchev–Trinajstić information content (AvgIpc) is 2.91. The van der Waals surface area contributed by atoms with Crippen molar-refractivity contribution in [1.82, 2.24) is 5.32 Å². The van der Waals surface area contributed by atoms with E-state index in [-0.39, 0.29) is 5.82 Å². The molecule has 2 nitrogen and oxygen atoms in total. The van der Waals surface area contributed by atoms with Gasteiger partial charge in [0, 0.05) is 17.0 Å². The van der Waals surface area contributed by atoms with Crippen LogP contribution < -0.4 is 5.32 Å². The molecule has 0 aliphatic heterocycles.